The van der Waals surface area contributed by atoms with Crippen LogP contribution in [0.25, 0.3) is 0 Å². The molecule has 0 aliphatic rings. The summed E-state index contributed by atoms with van der Waals surface area (Å²) in [6.45, 7) is 2.78. The van der Waals surface area contributed by atoms with Gasteiger partial charge in [-0.3, -0.25) is 4.79 Å². The molecule has 2 N–H and O–H groups in total. The lowest BCUT2D eigenvalue weighted by molar-refractivity contribution is 0.0953. The minimum Gasteiger partial charge on any atom is -0.497 e. The molecule has 1 aromatic heterocycles. The molecule has 0 saturated carbocycles. The number of anilines is 2. The first kappa shape index (κ1) is 15.8. The van der Waals surface area contributed by atoms with Crippen LogP contribution in [0.1, 0.15) is 30.1 Å². The molecule has 22 heavy (non-hydrogen) atoms. The molecular formula is C17H21N3O2. The molecule has 0 fully saturated rings. The van der Waals surface area contributed by atoms with E-state index < -0.39 is 0 Å². The van der Waals surface area contributed by atoms with Crippen molar-refractivity contribution in [2.45, 2.75) is 19.8 Å². The van der Waals surface area contributed by atoms with Crippen molar-refractivity contribution in [1.82, 2.24) is 10.3 Å². The fourth-order valence-electron chi connectivity index (χ4n) is 1.93. The van der Waals surface area contributed by atoms with Gasteiger partial charge in [-0.1, -0.05) is 19.4 Å². The van der Waals surface area contributed by atoms with E-state index in [1.807, 2.05) is 24.3 Å². The Hall–Kier alpha value is -2.56. The molecule has 2 aromatic rings. The van der Waals surface area contributed by atoms with Gasteiger partial charge in [-0.05, 0) is 30.7 Å². The van der Waals surface area contributed by atoms with E-state index in [0.717, 1.165) is 24.3 Å². The van der Waals surface area contributed by atoms with Crippen molar-refractivity contribution in [3.8, 4) is 5.75 Å². The summed E-state index contributed by atoms with van der Waals surface area (Å²) >= 11 is 0. The molecule has 1 aromatic carbocycles. The standard InChI is InChI=1S/C17H21N3O2/c1-3-4-10-18-17(21)13-8-9-16(19-12-13)20-14-6-5-7-15(11-14)22-2/h5-9,11-12H,3-4,10H2,1-2H3,(H,18,21)(H,19,20). The summed E-state index contributed by atoms with van der Waals surface area (Å²) in [5.41, 5.74) is 1.44. The molecule has 5 nitrogen and oxygen atoms in total. The first-order valence-electron chi connectivity index (χ1n) is 7.38. The van der Waals surface area contributed by atoms with Crippen molar-refractivity contribution < 1.29 is 9.53 Å². The molecule has 0 aliphatic heterocycles. The zero-order valence-electron chi connectivity index (χ0n) is 12.9. The Morgan fingerprint density at radius 3 is 2.82 bits per heavy atom. The molecule has 0 spiro atoms. The van der Waals surface area contributed by atoms with Gasteiger partial charge in [0.25, 0.3) is 5.91 Å². The molecular weight excluding hydrogens is 278 g/mol. The number of aromatic nitrogens is 1. The third-order valence-electron chi connectivity index (χ3n) is 3.18. The van der Waals surface area contributed by atoms with Crippen LogP contribution in [0.4, 0.5) is 11.5 Å². The number of nitrogens with one attached hydrogen (secondary N) is 2. The number of amides is 1. The average molecular weight is 299 g/mol. The third-order valence-corrected chi connectivity index (χ3v) is 3.18. The van der Waals surface area contributed by atoms with E-state index in [2.05, 4.69) is 22.5 Å². The molecule has 0 unspecified atom stereocenters. The Morgan fingerprint density at radius 1 is 1.27 bits per heavy atom. The van der Waals surface area contributed by atoms with Crippen molar-refractivity contribution in [2.24, 2.45) is 0 Å². The highest BCUT2D eigenvalue weighted by Crippen LogP contribution is 2.20. The second-order valence-corrected chi connectivity index (χ2v) is 4.90. The first-order chi connectivity index (χ1) is 10.7. The average Bonchev–Trinajstić information content (AvgIpc) is 2.56. The van der Waals surface area contributed by atoms with Crippen LogP contribution in [0.2, 0.25) is 0 Å². The topological polar surface area (TPSA) is 63.2 Å². The number of hydrogen-bond donors (Lipinski definition) is 2. The molecule has 1 amide bonds. The van der Waals surface area contributed by atoms with Crippen LogP contribution >= 0.6 is 0 Å². The monoisotopic (exact) mass is 299 g/mol. The van der Waals surface area contributed by atoms with Crippen molar-refractivity contribution in [2.75, 3.05) is 19.0 Å². The Bertz CT molecular complexity index is 612. The predicted octanol–water partition coefficient (Wildman–Crippen LogP) is 3.36. The van der Waals surface area contributed by atoms with E-state index in [1.54, 1.807) is 25.4 Å². The number of nitrogens with zero attached hydrogens (tertiary/aromatic N) is 1. The summed E-state index contributed by atoms with van der Waals surface area (Å²) in [6, 6.07) is 11.1. The Labute approximate surface area is 130 Å². The molecule has 0 radical (unpaired) electrons. The number of methoxy groups -OCH3 is 1. The lowest BCUT2D eigenvalue weighted by atomic mass is 10.2. The minimum atomic E-state index is -0.0890. The lowest BCUT2D eigenvalue weighted by Crippen LogP contribution is -2.24. The van der Waals surface area contributed by atoms with E-state index in [4.69, 9.17) is 4.74 Å². The number of benzene rings is 1. The highest BCUT2D eigenvalue weighted by molar-refractivity contribution is 5.94. The fourth-order valence-corrected chi connectivity index (χ4v) is 1.93. The SMILES string of the molecule is CCCCNC(=O)c1ccc(Nc2cccc(OC)c2)nc1. The largest absolute Gasteiger partial charge is 0.497 e. The van der Waals surface area contributed by atoms with Crippen molar-refractivity contribution in [3.63, 3.8) is 0 Å². The second kappa shape index (κ2) is 8.02. The van der Waals surface area contributed by atoms with Crippen LogP contribution in [-0.4, -0.2) is 24.5 Å². The van der Waals surface area contributed by atoms with E-state index in [9.17, 15) is 4.79 Å². The van der Waals surface area contributed by atoms with Crippen molar-refractivity contribution in [3.05, 3.63) is 48.2 Å². The van der Waals surface area contributed by atoms with Crippen molar-refractivity contribution >= 4 is 17.4 Å². The summed E-state index contributed by atoms with van der Waals surface area (Å²) in [4.78, 5) is 16.2. The van der Waals surface area contributed by atoms with Crippen LogP contribution in [0.5, 0.6) is 5.75 Å². The van der Waals surface area contributed by atoms with Gasteiger partial charge in [0.1, 0.15) is 11.6 Å². The summed E-state index contributed by atoms with van der Waals surface area (Å²) in [7, 11) is 1.63. The maximum atomic E-state index is 11.9. The lowest BCUT2D eigenvalue weighted by Gasteiger charge is -2.08. The van der Waals surface area contributed by atoms with Crippen LogP contribution in [-0.2, 0) is 0 Å². The number of unbranched alkanes of at least 4 members (excludes halogenated alkanes) is 1. The molecule has 0 atom stereocenters. The van der Waals surface area contributed by atoms with Gasteiger partial charge in [-0.15, -0.1) is 0 Å². The van der Waals surface area contributed by atoms with E-state index in [-0.39, 0.29) is 5.91 Å². The Morgan fingerprint density at radius 2 is 2.14 bits per heavy atom. The van der Waals surface area contributed by atoms with Crippen molar-refractivity contribution in [1.29, 1.82) is 0 Å². The van der Waals surface area contributed by atoms with Gasteiger partial charge in [-0.2, -0.15) is 0 Å². The molecule has 2 rings (SSSR count). The summed E-state index contributed by atoms with van der Waals surface area (Å²) in [6.07, 6.45) is 3.61. The molecule has 116 valence electrons. The Kier molecular flexibility index (Phi) is 5.77. The Balaban J connectivity index is 1.97. The minimum absolute atomic E-state index is 0.0890. The van der Waals surface area contributed by atoms with Crippen LogP contribution in [0.3, 0.4) is 0 Å². The van der Waals surface area contributed by atoms with E-state index in [1.165, 1.54) is 0 Å². The van der Waals surface area contributed by atoms with Crippen LogP contribution in [0.15, 0.2) is 42.6 Å². The molecule has 0 aliphatic carbocycles. The maximum absolute atomic E-state index is 11.9. The molecule has 1 heterocycles. The maximum Gasteiger partial charge on any atom is 0.252 e. The van der Waals surface area contributed by atoms with Crippen LogP contribution < -0.4 is 15.4 Å². The number of rotatable bonds is 7. The smallest absolute Gasteiger partial charge is 0.252 e. The fraction of sp³-hybridized carbons (Fsp3) is 0.294. The normalized spacial score (nSPS) is 10.1. The zero-order chi connectivity index (χ0) is 15.8. The quantitative estimate of drug-likeness (QED) is 0.769. The number of pyridine rings is 1. The first-order valence-corrected chi connectivity index (χ1v) is 7.38. The van der Waals surface area contributed by atoms with Gasteiger partial charge in [0.05, 0.1) is 12.7 Å². The van der Waals surface area contributed by atoms with Gasteiger partial charge in [-0.25, -0.2) is 4.98 Å². The van der Waals surface area contributed by atoms with E-state index in [0.29, 0.717) is 17.9 Å². The zero-order valence-corrected chi connectivity index (χ0v) is 12.9. The highest BCUT2D eigenvalue weighted by Gasteiger charge is 2.05. The molecule has 0 bridgehead atoms. The number of hydrogen-bond acceptors (Lipinski definition) is 4. The van der Waals surface area contributed by atoms with E-state index >= 15 is 0 Å². The third kappa shape index (κ3) is 4.48. The van der Waals surface area contributed by atoms with Gasteiger partial charge < -0.3 is 15.4 Å². The summed E-state index contributed by atoms with van der Waals surface area (Å²) < 4.78 is 5.18. The predicted molar refractivity (Wildman–Crippen MR) is 87.8 cm³/mol. The van der Waals surface area contributed by atoms with Gasteiger partial charge >= 0.3 is 0 Å². The summed E-state index contributed by atoms with van der Waals surface area (Å²) in [5.74, 6) is 1.36. The number of ether oxygens (including phenoxy) is 1. The van der Waals surface area contributed by atoms with Gasteiger partial charge in [0, 0.05) is 24.5 Å². The van der Waals surface area contributed by atoms with Gasteiger partial charge in [0.15, 0.2) is 0 Å². The highest BCUT2D eigenvalue weighted by atomic mass is 16.5. The van der Waals surface area contributed by atoms with Gasteiger partial charge in [0.2, 0.25) is 0 Å². The second-order valence-electron chi connectivity index (χ2n) is 4.90. The molecule has 0 saturated heterocycles. The number of carbonyl (C=O) groups is 1. The van der Waals surface area contributed by atoms with Crippen LogP contribution in [0, 0.1) is 0 Å². The molecule has 5 heteroatoms. The summed E-state index contributed by atoms with van der Waals surface area (Å²) in [5, 5.41) is 6.04. The number of carbonyl (C=O) groups excluding carboxylic acids is 1.